The first-order chi connectivity index (χ1) is 13.5. The lowest BCUT2D eigenvalue weighted by Gasteiger charge is -2.31. The maximum absolute atomic E-state index is 14.1. The number of nitrogens with two attached hydrogens (primary N) is 1. The number of primary amides is 1. The molecule has 1 heterocycles. The summed E-state index contributed by atoms with van der Waals surface area (Å²) in [5.41, 5.74) is 5.12. The number of carbonyl (C=O) groups is 2. The molecular weight excluding hydrogens is 407 g/mol. The first-order valence-electron chi connectivity index (χ1n) is 8.53. The molecule has 0 aliphatic carbocycles. The summed E-state index contributed by atoms with van der Waals surface area (Å²) in [5, 5.41) is 2.24. The van der Waals surface area contributed by atoms with Gasteiger partial charge in [0, 0.05) is 24.6 Å². The lowest BCUT2D eigenvalue weighted by atomic mass is 9.93. The van der Waals surface area contributed by atoms with Gasteiger partial charge in [-0.2, -0.15) is 13.2 Å². The highest BCUT2D eigenvalue weighted by atomic mass is 35.5. The van der Waals surface area contributed by atoms with Gasteiger partial charge in [-0.3, -0.25) is 14.6 Å². The minimum atomic E-state index is -4.89. The maximum atomic E-state index is 14.1. The monoisotopic (exact) mass is 423 g/mol. The lowest BCUT2D eigenvalue weighted by molar-refractivity contribution is -0.149. The Morgan fingerprint density at radius 2 is 1.59 bits per heavy atom. The SMILES string of the molecule is CC(=O)N1C(C(N)=O)C(C(F)(F)F)=C(c2ccccc2-c2ccc(Cl)cc2)N1C. The van der Waals surface area contributed by atoms with Crippen molar-refractivity contribution in [1.82, 2.24) is 10.0 Å². The summed E-state index contributed by atoms with van der Waals surface area (Å²) in [6.07, 6.45) is -4.89. The molecule has 2 N–H and O–H groups in total. The van der Waals surface area contributed by atoms with Crippen molar-refractivity contribution in [2.24, 2.45) is 5.73 Å². The molecule has 0 bridgehead atoms. The number of hydrogen-bond acceptors (Lipinski definition) is 3. The minimum absolute atomic E-state index is 0.208. The van der Waals surface area contributed by atoms with E-state index in [1.54, 1.807) is 42.5 Å². The summed E-state index contributed by atoms with van der Waals surface area (Å²) in [6, 6.07) is 11.1. The maximum Gasteiger partial charge on any atom is 0.417 e. The van der Waals surface area contributed by atoms with Crippen molar-refractivity contribution in [1.29, 1.82) is 0 Å². The van der Waals surface area contributed by atoms with E-state index in [9.17, 15) is 22.8 Å². The zero-order valence-electron chi connectivity index (χ0n) is 15.5. The van der Waals surface area contributed by atoms with Crippen molar-refractivity contribution < 1.29 is 22.8 Å². The van der Waals surface area contributed by atoms with Crippen LogP contribution < -0.4 is 5.73 Å². The molecule has 2 aromatic rings. The first-order valence-corrected chi connectivity index (χ1v) is 8.91. The Labute approximate surface area is 170 Å². The summed E-state index contributed by atoms with van der Waals surface area (Å²) >= 11 is 5.92. The quantitative estimate of drug-likeness (QED) is 0.815. The molecule has 152 valence electrons. The molecule has 0 saturated heterocycles. The van der Waals surface area contributed by atoms with Crippen LogP contribution in [0.1, 0.15) is 12.5 Å². The van der Waals surface area contributed by atoms with Gasteiger partial charge < -0.3 is 5.73 Å². The molecule has 0 saturated carbocycles. The molecule has 0 aromatic heterocycles. The topological polar surface area (TPSA) is 66.6 Å². The zero-order valence-corrected chi connectivity index (χ0v) is 16.3. The van der Waals surface area contributed by atoms with Gasteiger partial charge in [-0.05, 0) is 23.3 Å². The highest BCUT2D eigenvalue weighted by molar-refractivity contribution is 6.30. The van der Waals surface area contributed by atoms with Gasteiger partial charge in [0.1, 0.15) is 0 Å². The van der Waals surface area contributed by atoms with Crippen LogP contribution in [0.5, 0.6) is 0 Å². The van der Waals surface area contributed by atoms with Gasteiger partial charge in [0.25, 0.3) is 0 Å². The van der Waals surface area contributed by atoms with Crippen molar-refractivity contribution in [3.63, 3.8) is 0 Å². The molecular formula is C20H17ClF3N3O2. The summed E-state index contributed by atoms with van der Waals surface area (Å²) in [7, 11) is 1.30. The van der Waals surface area contributed by atoms with Crippen molar-refractivity contribution >= 4 is 29.1 Å². The second-order valence-electron chi connectivity index (χ2n) is 6.50. The minimum Gasteiger partial charge on any atom is -0.368 e. The summed E-state index contributed by atoms with van der Waals surface area (Å²) < 4.78 is 42.2. The fourth-order valence-corrected chi connectivity index (χ4v) is 3.67. The van der Waals surface area contributed by atoms with Crippen LogP contribution in [0, 0.1) is 0 Å². The average Bonchev–Trinajstić information content (AvgIpc) is 2.96. The first kappa shape index (κ1) is 20.7. The van der Waals surface area contributed by atoms with E-state index in [1.807, 2.05) is 0 Å². The van der Waals surface area contributed by atoms with Crippen molar-refractivity contribution in [3.8, 4) is 11.1 Å². The van der Waals surface area contributed by atoms with E-state index in [0.29, 0.717) is 16.1 Å². The molecule has 1 unspecified atom stereocenters. The Bertz CT molecular complexity index is 1000. The van der Waals surface area contributed by atoms with E-state index in [0.717, 1.165) is 16.9 Å². The van der Waals surface area contributed by atoms with E-state index in [4.69, 9.17) is 17.3 Å². The van der Waals surface area contributed by atoms with Crippen molar-refractivity contribution in [3.05, 3.63) is 64.7 Å². The standard InChI is InChI=1S/C20H17ClF3N3O2/c1-11(28)27-18(19(25)29)16(20(22,23)24)17(26(27)2)15-6-4-3-5-14(15)12-7-9-13(21)10-8-12/h3-10,18H,1-2H3,(H2,25,29). The number of hydrogen-bond donors (Lipinski definition) is 1. The number of nitrogens with zero attached hydrogens (tertiary/aromatic N) is 2. The third kappa shape index (κ3) is 3.67. The molecule has 2 amide bonds. The third-order valence-corrected chi connectivity index (χ3v) is 4.91. The summed E-state index contributed by atoms with van der Waals surface area (Å²) in [6.45, 7) is 1.08. The number of halogens is 4. The molecule has 9 heteroatoms. The van der Waals surface area contributed by atoms with Crippen LogP contribution in [-0.2, 0) is 9.59 Å². The fraction of sp³-hybridized carbons (Fsp3) is 0.200. The Morgan fingerprint density at radius 3 is 2.07 bits per heavy atom. The Kier molecular flexibility index (Phi) is 5.32. The normalized spacial score (nSPS) is 17.1. The molecule has 0 fully saturated rings. The number of hydrazine groups is 1. The molecule has 5 nitrogen and oxygen atoms in total. The van der Waals surface area contributed by atoms with Crippen LogP contribution in [0.25, 0.3) is 16.8 Å². The number of alkyl halides is 3. The van der Waals surface area contributed by atoms with Gasteiger partial charge in [-0.25, -0.2) is 5.01 Å². The smallest absolute Gasteiger partial charge is 0.368 e. The molecule has 1 aliphatic rings. The van der Waals surface area contributed by atoms with Crippen molar-refractivity contribution in [2.75, 3.05) is 7.05 Å². The molecule has 0 spiro atoms. The summed E-state index contributed by atoms with van der Waals surface area (Å²) in [5.74, 6) is -2.00. The predicted molar refractivity (Wildman–Crippen MR) is 103 cm³/mol. The van der Waals surface area contributed by atoms with E-state index in [2.05, 4.69) is 0 Å². The average molecular weight is 424 g/mol. The number of carbonyl (C=O) groups excluding carboxylic acids is 2. The molecule has 1 aliphatic heterocycles. The Morgan fingerprint density at radius 1 is 1.03 bits per heavy atom. The number of amides is 2. The largest absolute Gasteiger partial charge is 0.417 e. The van der Waals surface area contributed by atoms with Crippen LogP contribution in [0.15, 0.2) is 54.1 Å². The van der Waals surface area contributed by atoms with E-state index in [-0.39, 0.29) is 11.3 Å². The Balaban J connectivity index is 2.32. The zero-order chi connectivity index (χ0) is 21.5. The molecule has 2 aromatic carbocycles. The van der Waals surface area contributed by atoms with Crippen LogP contribution in [-0.4, -0.2) is 41.1 Å². The van der Waals surface area contributed by atoms with Crippen LogP contribution >= 0.6 is 11.6 Å². The van der Waals surface area contributed by atoms with Gasteiger partial charge in [0.05, 0.1) is 11.3 Å². The number of rotatable bonds is 3. The fourth-order valence-electron chi connectivity index (χ4n) is 3.54. The van der Waals surface area contributed by atoms with Crippen molar-refractivity contribution in [2.45, 2.75) is 19.1 Å². The van der Waals surface area contributed by atoms with Crippen LogP contribution in [0.4, 0.5) is 13.2 Å². The van der Waals surface area contributed by atoms with Crippen LogP contribution in [0.2, 0.25) is 5.02 Å². The molecule has 0 radical (unpaired) electrons. The highest BCUT2D eigenvalue weighted by Gasteiger charge is 2.54. The molecule has 3 rings (SSSR count). The number of benzene rings is 2. The predicted octanol–water partition coefficient (Wildman–Crippen LogP) is 3.84. The van der Waals surface area contributed by atoms with E-state index < -0.39 is 29.6 Å². The van der Waals surface area contributed by atoms with Gasteiger partial charge in [0.2, 0.25) is 11.8 Å². The third-order valence-electron chi connectivity index (χ3n) is 4.65. The highest BCUT2D eigenvalue weighted by Crippen LogP contribution is 2.45. The van der Waals surface area contributed by atoms with Gasteiger partial charge in [-0.15, -0.1) is 0 Å². The summed E-state index contributed by atoms with van der Waals surface area (Å²) in [4.78, 5) is 24.0. The van der Waals surface area contributed by atoms with Gasteiger partial charge in [-0.1, -0.05) is 48.0 Å². The van der Waals surface area contributed by atoms with Gasteiger partial charge in [0.15, 0.2) is 6.04 Å². The Hall–Kier alpha value is -3.00. The molecule has 29 heavy (non-hydrogen) atoms. The van der Waals surface area contributed by atoms with E-state index in [1.165, 1.54) is 13.1 Å². The second-order valence-corrected chi connectivity index (χ2v) is 6.94. The van der Waals surface area contributed by atoms with Gasteiger partial charge >= 0.3 is 6.18 Å². The second kappa shape index (κ2) is 7.44. The van der Waals surface area contributed by atoms with E-state index >= 15 is 0 Å². The van der Waals surface area contributed by atoms with Crippen LogP contribution in [0.3, 0.4) is 0 Å². The lowest BCUT2D eigenvalue weighted by Crippen LogP contribution is -2.51. The molecule has 1 atom stereocenters.